The number of carbonyl (C=O) groups excluding carboxylic acids is 1. The van der Waals surface area contributed by atoms with Gasteiger partial charge in [-0.3, -0.25) is 9.89 Å². The molecule has 1 rings (SSSR count). The van der Waals surface area contributed by atoms with Crippen LogP contribution in [0.15, 0.2) is 4.99 Å². The molecule has 0 aliphatic carbocycles. The lowest BCUT2D eigenvalue weighted by Crippen LogP contribution is -2.49. The monoisotopic (exact) mass is 415 g/mol. The standard InChI is InChI=1S/C20H41N5O4/c1-6-21-18(22-13-17(12-16(3)4)24-19(26)29-7-2)23-14-20(5,27)15-25-8-10-28-11-9-25/h16-17,27H,6-15H2,1-5H3,(H,24,26)(H2,21,22,23). The highest BCUT2D eigenvalue weighted by Gasteiger charge is 2.25. The van der Waals surface area contributed by atoms with Gasteiger partial charge in [0, 0.05) is 38.8 Å². The molecule has 1 aliphatic heterocycles. The van der Waals surface area contributed by atoms with E-state index in [0.29, 0.717) is 51.3 Å². The van der Waals surface area contributed by atoms with Crippen LogP contribution in [0.3, 0.4) is 0 Å². The van der Waals surface area contributed by atoms with Crippen LogP contribution < -0.4 is 16.0 Å². The average Bonchev–Trinajstić information content (AvgIpc) is 2.64. The molecule has 1 heterocycles. The van der Waals surface area contributed by atoms with E-state index in [1.165, 1.54) is 0 Å². The molecule has 4 N–H and O–H groups in total. The van der Waals surface area contributed by atoms with Crippen molar-refractivity contribution in [1.82, 2.24) is 20.9 Å². The van der Waals surface area contributed by atoms with E-state index in [-0.39, 0.29) is 12.6 Å². The minimum absolute atomic E-state index is 0.0771. The quantitative estimate of drug-likeness (QED) is 0.292. The summed E-state index contributed by atoms with van der Waals surface area (Å²) >= 11 is 0. The molecule has 2 unspecified atom stereocenters. The molecule has 0 bridgehead atoms. The summed E-state index contributed by atoms with van der Waals surface area (Å²) < 4.78 is 10.4. The molecule has 0 aromatic heterocycles. The zero-order valence-corrected chi connectivity index (χ0v) is 18.8. The number of guanidine groups is 1. The number of amides is 1. The molecule has 0 spiro atoms. The lowest BCUT2D eigenvalue weighted by atomic mass is 10.0. The summed E-state index contributed by atoms with van der Waals surface area (Å²) in [6.45, 7) is 15.3. The van der Waals surface area contributed by atoms with E-state index in [1.807, 2.05) is 6.92 Å². The predicted octanol–water partition coefficient (Wildman–Crippen LogP) is 0.786. The first-order valence-corrected chi connectivity index (χ1v) is 10.7. The molecule has 0 aromatic rings. The number of aliphatic imine (C=N–C) groups is 1. The minimum Gasteiger partial charge on any atom is -0.450 e. The number of nitrogens with zero attached hydrogens (tertiary/aromatic N) is 2. The zero-order valence-electron chi connectivity index (χ0n) is 18.8. The molecule has 1 saturated heterocycles. The van der Waals surface area contributed by atoms with Crippen molar-refractivity contribution in [2.45, 2.75) is 52.7 Å². The van der Waals surface area contributed by atoms with Gasteiger partial charge in [-0.2, -0.15) is 0 Å². The van der Waals surface area contributed by atoms with Crippen LogP contribution in [-0.2, 0) is 9.47 Å². The minimum atomic E-state index is -0.930. The Hall–Kier alpha value is -1.58. The van der Waals surface area contributed by atoms with E-state index in [1.54, 1.807) is 13.8 Å². The van der Waals surface area contributed by atoms with Gasteiger partial charge in [0.15, 0.2) is 5.96 Å². The maximum atomic E-state index is 11.8. The summed E-state index contributed by atoms with van der Waals surface area (Å²) in [4.78, 5) is 18.6. The van der Waals surface area contributed by atoms with Gasteiger partial charge >= 0.3 is 6.09 Å². The Kier molecular flexibility index (Phi) is 11.9. The summed E-state index contributed by atoms with van der Waals surface area (Å²) in [5.74, 6) is 1.05. The lowest BCUT2D eigenvalue weighted by Gasteiger charge is -2.33. The van der Waals surface area contributed by atoms with Gasteiger partial charge in [-0.25, -0.2) is 4.79 Å². The smallest absolute Gasteiger partial charge is 0.407 e. The Bertz CT molecular complexity index is 493. The van der Waals surface area contributed by atoms with Crippen molar-refractivity contribution in [2.24, 2.45) is 10.9 Å². The zero-order chi connectivity index (χ0) is 21.7. The number of rotatable bonds is 11. The first-order valence-electron chi connectivity index (χ1n) is 10.7. The number of hydrogen-bond acceptors (Lipinski definition) is 6. The normalized spacial score (nSPS) is 18.8. The number of alkyl carbamates (subject to hydrolysis) is 1. The molecule has 0 radical (unpaired) electrons. The van der Waals surface area contributed by atoms with E-state index in [0.717, 1.165) is 19.5 Å². The highest BCUT2D eigenvalue weighted by atomic mass is 16.5. The van der Waals surface area contributed by atoms with Crippen LogP contribution in [0.25, 0.3) is 0 Å². The molecular formula is C20H41N5O4. The molecule has 0 aromatic carbocycles. The molecule has 2 atom stereocenters. The van der Waals surface area contributed by atoms with E-state index >= 15 is 0 Å². The number of nitrogens with one attached hydrogen (secondary N) is 3. The van der Waals surface area contributed by atoms with Gasteiger partial charge in [-0.1, -0.05) is 13.8 Å². The van der Waals surface area contributed by atoms with E-state index in [2.05, 4.69) is 39.7 Å². The van der Waals surface area contributed by atoms with Crippen LogP contribution in [0, 0.1) is 5.92 Å². The van der Waals surface area contributed by atoms with Crippen molar-refractivity contribution in [1.29, 1.82) is 0 Å². The second kappa shape index (κ2) is 13.6. The third kappa shape index (κ3) is 11.9. The molecule has 9 heteroatoms. The summed E-state index contributed by atoms with van der Waals surface area (Å²) in [6, 6.07) is -0.0771. The van der Waals surface area contributed by atoms with E-state index in [9.17, 15) is 9.90 Å². The Morgan fingerprint density at radius 2 is 1.97 bits per heavy atom. The Morgan fingerprint density at radius 3 is 2.55 bits per heavy atom. The second-order valence-corrected chi connectivity index (χ2v) is 8.15. The van der Waals surface area contributed by atoms with Crippen LogP contribution in [0.2, 0.25) is 0 Å². The molecule has 1 fully saturated rings. The van der Waals surface area contributed by atoms with Crippen LogP contribution in [0.5, 0.6) is 0 Å². The van der Waals surface area contributed by atoms with E-state index in [4.69, 9.17) is 9.47 Å². The highest BCUT2D eigenvalue weighted by molar-refractivity contribution is 5.79. The molecule has 170 valence electrons. The van der Waals surface area contributed by atoms with Crippen molar-refractivity contribution in [2.75, 3.05) is 59.1 Å². The van der Waals surface area contributed by atoms with Crippen molar-refractivity contribution in [3.63, 3.8) is 0 Å². The van der Waals surface area contributed by atoms with Gasteiger partial charge in [-0.15, -0.1) is 0 Å². The highest BCUT2D eigenvalue weighted by Crippen LogP contribution is 2.09. The maximum absolute atomic E-state index is 11.8. The summed E-state index contributed by atoms with van der Waals surface area (Å²) in [5.41, 5.74) is -0.930. The molecule has 1 amide bonds. The predicted molar refractivity (Wildman–Crippen MR) is 115 cm³/mol. The van der Waals surface area contributed by atoms with E-state index < -0.39 is 11.7 Å². The third-order valence-electron chi connectivity index (χ3n) is 4.46. The Balaban J connectivity index is 2.61. The van der Waals surface area contributed by atoms with Crippen LogP contribution in [0.4, 0.5) is 4.79 Å². The van der Waals surface area contributed by atoms with Gasteiger partial charge in [0.05, 0.1) is 32.0 Å². The Morgan fingerprint density at radius 1 is 1.28 bits per heavy atom. The first kappa shape index (κ1) is 25.5. The maximum Gasteiger partial charge on any atom is 0.407 e. The molecule has 29 heavy (non-hydrogen) atoms. The van der Waals surface area contributed by atoms with Crippen molar-refractivity contribution in [3.8, 4) is 0 Å². The van der Waals surface area contributed by atoms with Crippen LogP contribution in [0.1, 0.15) is 41.0 Å². The fraction of sp³-hybridized carbons (Fsp3) is 0.900. The lowest BCUT2D eigenvalue weighted by molar-refractivity contribution is -0.0180. The summed E-state index contributed by atoms with van der Waals surface area (Å²) in [7, 11) is 0. The fourth-order valence-corrected chi connectivity index (χ4v) is 3.20. The largest absolute Gasteiger partial charge is 0.450 e. The number of β-amino-alcohol motifs (C(OH)–C–C–N with tert-alkyl or cyclic N) is 1. The molecule has 9 nitrogen and oxygen atoms in total. The molecular weight excluding hydrogens is 374 g/mol. The number of ether oxygens (including phenoxy) is 2. The van der Waals surface area contributed by atoms with Crippen LogP contribution in [-0.4, -0.2) is 92.8 Å². The van der Waals surface area contributed by atoms with Gasteiger partial charge < -0.3 is 30.5 Å². The van der Waals surface area contributed by atoms with Gasteiger partial charge in [0.1, 0.15) is 0 Å². The topological polar surface area (TPSA) is 107 Å². The summed E-state index contributed by atoms with van der Waals surface area (Å²) in [6.07, 6.45) is 0.412. The Labute approximate surface area is 175 Å². The van der Waals surface area contributed by atoms with Crippen molar-refractivity contribution in [3.05, 3.63) is 0 Å². The second-order valence-electron chi connectivity index (χ2n) is 8.15. The summed E-state index contributed by atoms with van der Waals surface area (Å²) in [5, 5.41) is 20.1. The fourth-order valence-electron chi connectivity index (χ4n) is 3.20. The molecule has 0 saturated carbocycles. The SMILES string of the molecule is CCNC(=NCC(C)(O)CN1CCOCC1)NCC(CC(C)C)NC(=O)OCC. The molecule has 1 aliphatic rings. The number of aliphatic hydroxyl groups is 1. The first-order chi connectivity index (χ1) is 13.8. The number of carbonyl (C=O) groups is 1. The van der Waals surface area contributed by atoms with Gasteiger partial charge in [0.2, 0.25) is 0 Å². The van der Waals surface area contributed by atoms with Gasteiger partial charge in [0.25, 0.3) is 0 Å². The van der Waals surface area contributed by atoms with Crippen molar-refractivity contribution >= 4 is 12.1 Å². The van der Waals surface area contributed by atoms with Crippen LogP contribution >= 0.6 is 0 Å². The number of hydrogen-bond donors (Lipinski definition) is 4. The van der Waals surface area contributed by atoms with Gasteiger partial charge in [-0.05, 0) is 33.1 Å². The average molecular weight is 416 g/mol. The number of morpholine rings is 1. The third-order valence-corrected chi connectivity index (χ3v) is 4.46. The van der Waals surface area contributed by atoms with Crippen molar-refractivity contribution < 1.29 is 19.4 Å².